The standard InChI is InChI=1S/C23H21N3O5/c1-30-16-9-7-15(8-10-16)18(13-20(27)24-14-17-5-4-12-31-17)21-22(28)25-19-6-2-3-11-26(19)23(21)29/h2-12,18,28H,13-14H2,1H3,(H,24,27). The van der Waals surface area contributed by atoms with Gasteiger partial charge in [-0.2, -0.15) is 4.98 Å². The molecule has 0 aliphatic rings. The summed E-state index contributed by atoms with van der Waals surface area (Å²) in [6, 6.07) is 15.6. The van der Waals surface area contributed by atoms with Gasteiger partial charge in [-0.1, -0.05) is 18.2 Å². The zero-order valence-corrected chi connectivity index (χ0v) is 16.8. The lowest BCUT2D eigenvalue weighted by atomic mass is 9.89. The van der Waals surface area contributed by atoms with E-state index >= 15 is 0 Å². The number of carbonyl (C=O) groups is 1. The fourth-order valence-electron chi connectivity index (χ4n) is 3.48. The van der Waals surface area contributed by atoms with Crippen molar-refractivity contribution in [3.05, 3.63) is 94.3 Å². The number of aromatic hydroxyl groups is 1. The van der Waals surface area contributed by atoms with Gasteiger partial charge in [-0.25, -0.2) is 0 Å². The highest BCUT2D eigenvalue weighted by Gasteiger charge is 2.26. The van der Waals surface area contributed by atoms with Crippen LogP contribution in [0.4, 0.5) is 0 Å². The summed E-state index contributed by atoms with van der Waals surface area (Å²) in [4.78, 5) is 30.1. The number of hydrogen-bond donors (Lipinski definition) is 2. The van der Waals surface area contributed by atoms with E-state index in [2.05, 4.69) is 10.3 Å². The van der Waals surface area contributed by atoms with Crippen molar-refractivity contribution in [2.75, 3.05) is 7.11 Å². The average molecular weight is 419 g/mol. The van der Waals surface area contributed by atoms with E-state index in [0.29, 0.717) is 22.7 Å². The van der Waals surface area contributed by atoms with Gasteiger partial charge in [-0.05, 0) is 42.0 Å². The van der Waals surface area contributed by atoms with Crippen molar-refractivity contribution < 1.29 is 19.1 Å². The average Bonchev–Trinajstić information content (AvgIpc) is 3.31. The quantitative estimate of drug-likeness (QED) is 0.477. The first-order valence-corrected chi connectivity index (χ1v) is 9.70. The van der Waals surface area contributed by atoms with Crippen molar-refractivity contribution >= 4 is 11.6 Å². The summed E-state index contributed by atoms with van der Waals surface area (Å²) in [7, 11) is 1.56. The van der Waals surface area contributed by atoms with Crippen molar-refractivity contribution in [3.63, 3.8) is 0 Å². The van der Waals surface area contributed by atoms with Crippen LogP contribution in [0.15, 0.2) is 76.3 Å². The smallest absolute Gasteiger partial charge is 0.265 e. The highest BCUT2D eigenvalue weighted by Crippen LogP contribution is 2.32. The number of ether oxygens (including phenoxy) is 1. The van der Waals surface area contributed by atoms with Crippen LogP contribution < -0.4 is 15.6 Å². The van der Waals surface area contributed by atoms with E-state index in [1.807, 2.05) is 0 Å². The second-order valence-electron chi connectivity index (χ2n) is 6.97. The van der Waals surface area contributed by atoms with Crippen LogP contribution in [0, 0.1) is 0 Å². The third-order valence-electron chi connectivity index (χ3n) is 5.04. The maximum absolute atomic E-state index is 13.2. The molecule has 1 atom stereocenters. The third-order valence-corrected chi connectivity index (χ3v) is 5.04. The first kappa shape index (κ1) is 20.2. The van der Waals surface area contributed by atoms with Crippen molar-refractivity contribution in [1.29, 1.82) is 0 Å². The number of hydrogen-bond acceptors (Lipinski definition) is 6. The van der Waals surface area contributed by atoms with Crippen LogP contribution in [0.3, 0.4) is 0 Å². The molecule has 4 rings (SSSR count). The van der Waals surface area contributed by atoms with Crippen LogP contribution >= 0.6 is 0 Å². The molecule has 1 aromatic carbocycles. The van der Waals surface area contributed by atoms with Crippen LogP contribution in [-0.2, 0) is 11.3 Å². The summed E-state index contributed by atoms with van der Waals surface area (Å²) < 4.78 is 11.8. The van der Waals surface area contributed by atoms with Gasteiger partial charge in [0.15, 0.2) is 0 Å². The van der Waals surface area contributed by atoms with Crippen LogP contribution in [0.25, 0.3) is 5.65 Å². The Labute approximate surface area is 177 Å². The first-order chi connectivity index (χ1) is 15.1. The molecule has 1 unspecified atom stereocenters. The lowest BCUT2D eigenvalue weighted by molar-refractivity contribution is -0.121. The fraction of sp³-hybridized carbons (Fsp3) is 0.174. The normalized spacial score (nSPS) is 11.9. The zero-order chi connectivity index (χ0) is 21.8. The van der Waals surface area contributed by atoms with E-state index in [1.54, 1.807) is 67.9 Å². The van der Waals surface area contributed by atoms with E-state index in [4.69, 9.17) is 9.15 Å². The number of amides is 1. The van der Waals surface area contributed by atoms with Crippen LogP contribution in [0.2, 0.25) is 0 Å². The molecule has 0 aliphatic heterocycles. The Kier molecular flexibility index (Phi) is 5.70. The Balaban J connectivity index is 1.72. The number of aromatic nitrogens is 2. The SMILES string of the molecule is COc1ccc(C(CC(=O)NCc2ccco2)c2c(O)nc3ccccn3c2=O)cc1. The second kappa shape index (κ2) is 8.74. The minimum Gasteiger partial charge on any atom is -0.497 e. The van der Waals surface area contributed by atoms with Gasteiger partial charge in [0.05, 0.1) is 25.5 Å². The summed E-state index contributed by atoms with van der Waals surface area (Å²) >= 11 is 0. The number of benzene rings is 1. The van der Waals surface area contributed by atoms with Crippen molar-refractivity contribution in [3.8, 4) is 11.6 Å². The van der Waals surface area contributed by atoms with Crippen LogP contribution in [0.1, 0.15) is 29.2 Å². The van der Waals surface area contributed by atoms with Gasteiger partial charge in [-0.3, -0.25) is 14.0 Å². The lowest BCUT2D eigenvalue weighted by Crippen LogP contribution is -2.28. The molecule has 3 heterocycles. The predicted molar refractivity (Wildman–Crippen MR) is 113 cm³/mol. The largest absolute Gasteiger partial charge is 0.497 e. The molecule has 8 nitrogen and oxygen atoms in total. The fourth-order valence-corrected chi connectivity index (χ4v) is 3.48. The molecule has 0 bridgehead atoms. The number of fused-ring (bicyclic) bond motifs is 1. The van der Waals surface area contributed by atoms with E-state index < -0.39 is 17.4 Å². The van der Waals surface area contributed by atoms with Gasteiger partial charge < -0.3 is 19.6 Å². The van der Waals surface area contributed by atoms with Gasteiger partial charge in [0.2, 0.25) is 11.8 Å². The molecule has 0 aliphatic carbocycles. The van der Waals surface area contributed by atoms with E-state index in [9.17, 15) is 14.7 Å². The Morgan fingerprint density at radius 1 is 1.19 bits per heavy atom. The number of nitrogens with one attached hydrogen (secondary N) is 1. The lowest BCUT2D eigenvalue weighted by Gasteiger charge is -2.18. The van der Waals surface area contributed by atoms with Crippen molar-refractivity contribution in [1.82, 2.24) is 14.7 Å². The monoisotopic (exact) mass is 419 g/mol. The third kappa shape index (κ3) is 4.28. The molecule has 0 saturated heterocycles. The Bertz CT molecular complexity index is 1250. The number of furan rings is 1. The topological polar surface area (TPSA) is 106 Å². The molecule has 2 N–H and O–H groups in total. The maximum atomic E-state index is 13.2. The number of methoxy groups -OCH3 is 1. The molecule has 1 amide bonds. The highest BCUT2D eigenvalue weighted by atomic mass is 16.5. The van der Waals surface area contributed by atoms with E-state index in [-0.39, 0.29) is 24.4 Å². The van der Waals surface area contributed by atoms with Crippen molar-refractivity contribution in [2.45, 2.75) is 18.9 Å². The molecule has 8 heteroatoms. The van der Waals surface area contributed by atoms with Gasteiger partial charge >= 0.3 is 0 Å². The van der Waals surface area contributed by atoms with Crippen molar-refractivity contribution in [2.24, 2.45) is 0 Å². The summed E-state index contributed by atoms with van der Waals surface area (Å²) in [5, 5.41) is 13.4. The maximum Gasteiger partial charge on any atom is 0.265 e. The van der Waals surface area contributed by atoms with Gasteiger partial charge in [0, 0.05) is 18.5 Å². The number of nitrogens with zero attached hydrogens (tertiary/aromatic N) is 2. The summed E-state index contributed by atoms with van der Waals surface area (Å²) in [5.74, 6) is -0.142. The van der Waals surface area contributed by atoms with Gasteiger partial charge in [0.25, 0.3) is 5.56 Å². The number of pyridine rings is 1. The summed E-state index contributed by atoms with van der Waals surface area (Å²) in [6.45, 7) is 0.224. The Hall–Kier alpha value is -4.07. The van der Waals surface area contributed by atoms with Gasteiger partial charge in [-0.15, -0.1) is 0 Å². The molecule has 0 radical (unpaired) electrons. The molecule has 31 heavy (non-hydrogen) atoms. The molecule has 3 aromatic heterocycles. The van der Waals surface area contributed by atoms with E-state index in [1.165, 1.54) is 10.7 Å². The minimum absolute atomic E-state index is 0.0574. The van der Waals surface area contributed by atoms with E-state index in [0.717, 1.165) is 0 Å². The predicted octanol–water partition coefficient (Wildman–Crippen LogP) is 2.84. The molecule has 4 aromatic rings. The molecule has 158 valence electrons. The molecule has 0 saturated carbocycles. The highest BCUT2D eigenvalue weighted by molar-refractivity contribution is 5.77. The first-order valence-electron chi connectivity index (χ1n) is 9.70. The molecule has 0 fully saturated rings. The zero-order valence-electron chi connectivity index (χ0n) is 16.8. The van der Waals surface area contributed by atoms with Crippen LogP contribution in [0.5, 0.6) is 11.6 Å². The van der Waals surface area contributed by atoms with Gasteiger partial charge in [0.1, 0.15) is 17.2 Å². The molecular weight excluding hydrogens is 398 g/mol. The molecule has 0 spiro atoms. The second-order valence-corrected chi connectivity index (χ2v) is 6.97. The number of rotatable bonds is 7. The number of carbonyl (C=O) groups excluding carboxylic acids is 1. The Morgan fingerprint density at radius 2 is 2.00 bits per heavy atom. The minimum atomic E-state index is -0.709. The summed E-state index contributed by atoms with van der Waals surface area (Å²) in [5.41, 5.74) is 0.633. The Morgan fingerprint density at radius 3 is 2.71 bits per heavy atom. The summed E-state index contributed by atoms with van der Waals surface area (Å²) in [6.07, 6.45) is 3.05. The van der Waals surface area contributed by atoms with Crippen LogP contribution in [-0.4, -0.2) is 27.5 Å². The molecular formula is C23H21N3O5.